The van der Waals surface area contributed by atoms with Crippen molar-refractivity contribution in [2.45, 2.75) is 32.8 Å². The van der Waals surface area contributed by atoms with Crippen LogP contribution in [0.25, 0.3) is 17.0 Å². The number of nitrogens with one attached hydrogen (secondary N) is 2. The van der Waals surface area contributed by atoms with Gasteiger partial charge in [-0.25, -0.2) is 4.79 Å². The zero-order chi connectivity index (χ0) is 17.7. The molecular weight excluding hydrogens is 312 g/mol. The summed E-state index contributed by atoms with van der Waals surface area (Å²) in [7, 11) is 0. The fourth-order valence-electron chi connectivity index (χ4n) is 2.09. The topological polar surface area (TPSA) is 110 Å². The van der Waals surface area contributed by atoms with Crippen LogP contribution in [0.3, 0.4) is 0 Å². The second-order valence-corrected chi connectivity index (χ2v) is 6.19. The van der Waals surface area contributed by atoms with Crippen molar-refractivity contribution in [3.63, 3.8) is 0 Å². The van der Waals surface area contributed by atoms with Crippen molar-refractivity contribution in [1.29, 1.82) is 0 Å². The molecule has 1 aromatic heterocycles. The van der Waals surface area contributed by atoms with Gasteiger partial charge in [0.15, 0.2) is 5.52 Å². The number of nitro benzene ring substituents is 1. The predicted molar refractivity (Wildman–Crippen MR) is 90.6 cm³/mol. The molecule has 0 aliphatic rings. The molecule has 0 spiro atoms. The van der Waals surface area contributed by atoms with Crippen LogP contribution in [-0.2, 0) is 4.74 Å². The summed E-state index contributed by atoms with van der Waals surface area (Å²) in [5.41, 5.74) is 0.457. The van der Waals surface area contributed by atoms with E-state index in [9.17, 15) is 14.9 Å². The second kappa shape index (κ2) is 7.12. The Morgan fingerprint density at radius 3 is 2.88 bits per heavy atom. The van der Waals surface area contributed by atoms with Crippen LogP contribution in [0.1, 0.15) is 32.9 Å². The first-order valence-corrected chi connectivity index (χ1v) is 7.53. The number of para-hydroxylation sites is 1. The third kappa shape index (κ3) is 4.55. The molecular formula is C16H20N4O4. The van der Waals surface area contributed by atoms with E-state index in [-0.39, 0.29) is 5.69 Å². The lowest BCUT2D eigenvalue weighted by atomic mass is 10.1. The van der Waals surface area contributed by atoms with E-state index in [2.05, 4.69) is 15.5 Å². The Balaban J connectivity index is 1.94. The van der Waals surface area contributed by atoms with Crippen LogP contribution in [0.2, 0.25) is 0 Å². The van der Waals surface area contributed by atoms with Gasteiger partial charge in [-0.1, -0.05) is 18.2 Å². The number of nitro groups is 1. The average Bonchev–Trinajstić information content (AvgIpc) is 2.88. The number of carbonyl (C=O) groups excluding carboxylic acids is 1. The molecule has 24 heavy (non-hydrogen) atoms. The van der Waals surface area contributed by atoms with E-state index in [0.717, 1.165) is 0 Å². The van der Waals surface area contributed by atoms with E-state index >= 15 is 0 Å². The number of non-ortho nitro benzene ring substituents is 1. The van der Waals surface area contributed by atoms with Gasteiger partial charge >= 0.3 is 6.09 Å². The Hall–Kier alpha value is -2.90. The summed E-state index contributed by atoms with van der Waals surface area (Å²) in [4.78, 5) is 22.0. The van der Waals surface area contributed by atoms with Crippen LogP contribution in [-0.4, -0.2) is 33.4 Å². The first-order chi connectivity index (χ1) is 11.3. The van der Waals surface area contributed by atoms with Gasteiger partial charge in [0.2, 0.25) is 0 Å². The van der Waals surface area contributed by atoms with Gasteiger partial charge in [-0.05, 0) is 33.3 Å². The summed E-state index contributed by atoms with van der Waals surface area (Å²) < 4.78 is 5.13. The van der Waals surface area contributed by atoms with Gasteiger partial charge in [-0.15, -0.1) is 0 Å². The normalized spacial score (nSPS) is 11.8. The van der Waals surface area contributed by atoms with Crippen molar-refractivity contribution < 1.29 is 14.5 Å². The summed E-state index contributed by atoms with van der Waals surface area (Å²) in [6.07, 6.45) is 3.77. The molecule has 2 N–H and O–H groups in total. The van der Waals surface area contributed by atoms with Crippen molar-refractivity contribution in [1.82, 2.24) is 15.5 Å². The molecule has 0 fully saturated rings. The van der Waals surface area contributed by atoms with Gasteiger partial charge in [0.1, 0.15) is 5.60 Å². The zero-order valence-electron chi connectivity index (χ0n) is 13.8. The van der Waals surface area contributed by atoms with E-state index in [1.165, 1.54) is 6.07 Å². The number of alkyl carbamates (subject to hydrolysis) is 1. The standard InChI is InChI=1S/C16H20N4O4/c1-16(2,3)24-15(21)17-10-5-4-8-12-11-7-6-9-13(20(22)23)14(11)19-18-12/h4,6-9H,5,10H2,1-3H3,(H,17,21)(H,18,19). The highest BCUT2D eigenvalue weighted by atomic mass is 16.6. The Kier molecular flexibility index (Phi) is 5.18. The van der Waals surface area contributed by atoms with Gasteiger partial charge in [-0.2, -0.15) is 5.10 Å². The van der Waals surface area contributed by atoms with Crippen LogP contribution in [0, 0.1) is 10.1 Å². The fourth-order valence-corrected chi connectivity index (χ4v) is 2.09. The van der Waals surface area contributed by atoms with Gasteiger partial charge in [0.05, 0.1) is 10.6 Å². The molecule has 0 saturated heterocycles. The van der Waals surface area contributed by atoms with E-state index in [1.807, 2.05) is 6.08 Å². The highest BCUT2D eigenvalue weighted by Gasteiger charge is 2.16. The van der Waals surface area contributed by atoms with Crippen LogP contribution in [0.5, 0.6) is 0 Å². The minimum absolute atomic E-state index is 0.0324. The number of benzene rings is 1. The van der Waals surface area contributed by atoms with Crippen LogP contribution in [0.4, 0.5) is 10.5 Å². The molecule has 8 heteroatoms. The lowest BCUT2D eigenvalue weighted by Crippen LogP contribution is -2.32. The summed E-state index contributed by atoms with van der Waals surface area (Å²) >= 11 is 0. The predicted octanol–water partition coefficient (Wildman–Crippen LogP) is 3.40. The Morgan fingerprint density at radius 1 is 1.46 bits per heavy atom. The minimum Gasteiger partial charge on any atom is -0.444 e. The quantitative estimate of drug-likeness (QED) is 0.495. The average molecular weight is 332 g/mol. The number of carbonyl (C=O) groups is 1. The van der Waals surface area contributed by atoms with Gasteiger partial charge < -0.3 is 10.1 Å². The molecule has 0 saturated carbocycles. The number of ether oxygens (including phenoxy) is 1. The van der Waals surface area contributed by atoms with E-state index in [0.29, 0.717) is 29.6 Å². The van der Waals surface area contributed by atoms with Gasteiger partial charge in [0.25, 0.3) is 5.69 Å². The SMILES string of the molecule is CC(C)(C)OC(=O)NCCC=Cc1[nH]nc2c([N+](=O)[O-])cccc12. The number of nitrogens with zero attached hydrogens (tertiary/aromatic N) is 2. The lowest BCUT2D eigenvalue weighted by Gasteiger charge is -2.19. The van der Waals surface area contributed by atoms with Crippen LogP contribution < -0.4 is 5.32 Å². The third-order valence-corrected chi connectivity index (χ3v) is 3.05. The van der Waals surface area contributed by atoms with E-state index in [4.69, 9.17) is 4.74 Å². The molecule has 0 atom stereocenters. The minimum atomic E-state index is -0.524. The maximum absolute atomic E-state index is 11.5. The molecule has 1 amide bonds. The molecule has 128 valence electrons. The van der Waals surface area contributed by atoms with Crippen LogP contribution in [0.15, 0.2) is 24.3 Å². The van der Waals surface area contributed by atoms with Crippen molar-refractivity contribution in [3.05, 3.63) is 40.1 Å². The second-order valence-electron chi connectivity index (χ2n) is 6.19. The molecule has 1 heterocycles. The number of aromatic amines is 1. The number of aromatic nitrogens is 2. The summed E-state index contributed by atoms with van der Waals surface area (Å²) in [5, 5.41) is 21.1. The molecule has 0 aliphatic carbocycles. The third-order valence-electron chi connectivity index (χ3n) is 3.05. The Labute approximate surface area is 139 Å². The molecule has 8 nitrogen and oxygen atoms in total. The molecule has 0 aliphatic heterocycles. The number of rotatable bonds is 5. The Bertz CT molecular complexity index is 774. The summed E-state index contributed by atoms with van der Waals surface area (Å²) in [6, 6.07) is 4.81. The number of amides is 1. The maximum atomic E-state index is 11.5. The first-order valence-electron chi connectivity index (χ1n) is 7.53. The zero-order valence-corrected chi connectivity index (χ0v) is 13.8. The Morgan fingerprint density at radius 2 is 2.21 bits per heavy atom. The molecule has 0 radical (unpaired) electrons. The first kappa shape index (κ1) is 17.5. The molecule has 2 rings (SSSR count). The van der Waals surface area contributed by atoms with Crippen molar-refractivity contribution in [3.8, 4) is 0 Å². The fraction of sp³-hybridized carbons (Fsp3) is 0.375. The van der Waals surface area contributed by atoms with Crippen molar-refractivity contribution >= 4 is 28.8 Å². The largest absolute Gasteiger partial charge is 0.444 e. The monoisotopic (exact) mass is 332 g/mol. The smallest absolute Gasteiger partial charge is 0.407 e. The highest BCUT2D eigenvalue weighted by molar-refractivity contribution is 5.92. The van der Waals surface area contributed by atoms with E-state index < -0.39 is 16.6 Å². The van der Waals surface area contributed by atoms with Gasteiger partial charge in [-0.3, -0.25) is 15.2 Å². The van der Waals surface area contributed by atoms with E-state index in [1.54, 1.807) is 39.0 Å². The van der Waals surface area contributed by atoms with Gasteiger partial charge in [0, 0.05) is 18.0 Å². The summed E-state index contributed by atoms with van der Waals surface area (Å²) in [6.45, 7) is 5.83. The number of hydrogen-bond donors (Lipinski definition) is 2. The molecule has 0 unspecified atom stereocenters. The number of hydrogen-bond acceptors (Lipinski definition) is 5. The maximum Gasteiger partial charge on any atom is 0.407 e. The molecule has 0 bridgehead atoms. The highest BCUT2D eigenvalue weighted by Crippen LogP contribution is 2.25. The number of H-pyrrole nitrogens is 1. The number of fused-ring (bicyclic) bond motifs is 1. The molecule has 2 aromatic rings. The molecule has 1 aromatic carbocycles. The van der Waals surface area contributed by atoms with Crippen LogP contribution >= 0.6 is 0 Å². The lowest BCUT2D eigenvalue weighted by molar-refractivity contribution is -0.383. The van der Waals surface area contributed by atoms with Crippen molar-refractivity contribution in [2.75, 3.05) is 6.54 Å². The summed E-state index contributed by atoms with van der Waals surface area (Å²) in [5.74, 6) is 0. The van der Waals surface area contributed by atoms with Crippen molar-refractivity contribution in [2.24, 2.45) is 0 Å².